The minimum absolute atomic E-state index is 0.0489. The van der Waals surface area contributed by atoms with Crippen LogP contribution < -0.4 is 9.86 Å². The maximum Gasteiger partial charge on any atom is 0.244 e. The fourth-order valence-electron chi connectivity index (χ4n) is 2.60. The summed E-state index contributed by atoms with van der Waals surface area (Å²) in [5.74, 6) is -0.388. The summed E-state index contributed by atoms with van der Waals surface area (Å²) < 4.78 is 50.9. The third-order valence-corrected chi connectivity index (χ3v) is 6.61. The number of primary sulfonamides is 1. The average Bonchev–Trinajstić information content (AvgIpc) is 2.61. The van der Waals surface area contributed by atoms with Crippen molar-refractivity contribution in [3.8, 4) is 11.8 Å². The molecular weight excluding hydrogens is 402 g/mol. The van der Waals surface area contributed by atoms with E-state index in [1.165, 1.54) is 12.1 Å². The minimum atomic E-state index is -4.10. The van der Waals surface area contributed by atoms with Crippen LogP contribution in [0.2, 0.25) is 0 Å². The Bertz CT molecular complexity index is 1130. The highest BCUT2D eigenvalue weighted by Gasteiger charge is 2.20. The van der Waals surface area contributed by atoms with Gasteiger partial charge in [0, 0.05) is 6.54 Å². The maximum absolute atomic E-state index is 12.4. The van der Waals surface area contributed by atoms with Gasteiger partial charge in [-0.15, -0.1) is 0 Å². The molecule has 0 radical (unpaired) electrons. The summed E-state index contributed by atoms with van der Waals surface area (Å²) in [5, 5.41) is 24.0. The van der Waals surface area contributed by atoms with Gasteiger partial charge in [-0.25, -0.2) is 26.7 Å². The molecule has 10 heteroatoms. The van der Waals surface area contributed by atoms with Crippen molar-refractivity contribution in [1.29, 1.82) is 5.26 Å². The van der Waals surface area contributed by atoms with Gasteiger partial charge in [0.2, 0.25) is 20.0 Å². The highest BCUT2D eigenvalue weighted by molar-refractivity contribution is 7.89. The summed E-state index contributed by atoms with van der Waals surface area (Å²) in [5.41, 5.74) is 1.26. The largest absolute Gasteiger partial charge is 0.507 e. The van der Waals surface area contributed by atoms with Crippen LogP contribution in [0, 0.1) is 11.3 Å². The van der Waals surface area contributed by atoms with Crippen molar-refractivity contribution in [3.63, 3.8) is 0 Å². The normalized spacial score (nSPS) is 12.1. The van der Waals surface area contributed by atoms with Crippen LogP contribution in [0.25, 0.3) is 0 Å². The van der Waals surface area contributed by atoms with Crippen molar-refractivity contribution in [2.24, 2.45) is 5.14 Å². The Hall–Kier alpha value is -2.45. The topological polar surface area (TPSA) is 150 Å². The summed E-state index contributed by atoms with van der Waals surface area (Å²) in [6.07, 6.45) is 0.0715. The van der Waals surface area contributed by atoms with Crippen molar-refractivity contribution in [1.82, 2.24) is 4.72 Å². The second-order valence-electron chi connectivity index (χ2n) is 6.51. The molecule has 0 saturated carbocycles. The summed E-state index contributed by atoms with van der Waals surface area (Å²) in [6.45, 7) is 3.71. The Morgan fingerprint density at radius 2 is 1.79 bits per heavy atom. The molecule has 28 heavy (non-hydrogen) atoms. The highest BCUT2D eigenvalue weighted by atomic mass is 32.2. The fourth-order valence-corrected chi connectivity index (χ4v) is 4.59. The molecule has 0 aliphatic rings. The first-order valence-electron chi connectivity index (χ1n) is 8.34. The second-order valence-corrected chi connectivity index (χ2v) is 9.77. The van der Waals surface area contributed by atoms with Gasteiger partial charge in [0.15, 0.2) is 0 Å². The molecule has 4 N–H and O–H groups in total. The second kappa shape index (κ2) is 8.28. The van der Waals surface area contributed by atoms with Crippen LogP contribution in [-0.4, -0.2) is 28.5 Å². The van der Waals surface area contributed by atoms with E-state index in [0.717, 1.165) is 17.7 Å². The van der Waals surface area contributed by atoms with Gasteiger partial charge in [-0.2, -0.15) is 5.26 Å². The van der Waals surface area contributed by atoms with Crippen LogP contribution in [0.3, 0.4) is 0 Å². The van der Waals surface area contributed by atoms with E-state index in [4.69, 9.17) is 10.4 Å². The molecule has 2 aromatic carbocycles. The third-order valence-electron chi connectivity index (χ3n) is 4.13. The summed E-state index contributed by atoms with van der Waals surface area (Å²) in [7, 11) is -8.07. The van der Waals surface area contributed by atoms with Crippen molar-refractivity contribution in [3.05, 3.63) is 53.1 Å². The maximum atomic E-state index is 12.4. The molecule has 0 amide bonds. The van der Waals surface area contributed by atoms with Crippen molar-refractivity contribution < 1.29 is 21.9 Å². The molecule has 2 aromatic rings. The van der Waals surface area contributed by atoms with E-state index in [1.54, 1.807) is 18.2 Å². The lowest BCUT2D eigenvalue weighted by atomic mass is 10.0. The molecule has 0 atom stereocenters. The molecule has 150 valence electrons. The lowest BCUT2D eigenvalue weighted by molar-refractivity contribution is 0.458. The Morgan fingerprint density at radius 3 is 2.36 bits per heavy atom. The predicted molar refractivity (Wildman–Crippen MR) is 104 cm³/mol. The van der Waals surface area contributed by atoms with E-state index in [1.807, 2.05) is 13.8 Å². The Kier molecular flexibility index (Phi) is 6.46. The molecule has 0 heterocycles. The van der Waals surface area contributed by atoms with Crippen LogP contribution >= 0.6 is 0 Å². The number of nitrogens with zero attached hydrogens (tertiary/aromatic N) is 1. The molecule has 0 bridgehead atoms. The number of hydrogen-bond donors (Lipinski definition) is 3. The molecule has 0 spiro atoms. The van der Waals surface area contributed by atoms with Gasteiger partial charge in [-0.05, 0) is 47.7 Å². The van der Waals surface area contributed by atoms with Gasteiger partial charge in [0.1, 0.15) is 10.6 Å². The molecule has 8 nitrogen and oxygen atoms in total. The zero-order chi connectivity index (χ0) is 21.1. The highest BCUT2D eigenvalue weighted by Crippen LogP contribution is 2.24. The third kappa shape index (κ3) is 5.08. The molecule has 0 aromatic heterocycles. The van der Waals surface area contributed by atoms with Crippen molar-refractivity contribution in [2.75, 3.05) is 6.54 Å². The Morgan fingerprint density at radius 1 is 1.11 bits per heavy atom. The van der Waals surface area contributed by atoms with E-state index >= 15 is 0 Å². The van der Waals surface area contributed by atoms with Crippen LogP contribution in [0.1, 0.15) is 36.5 Å². The Labute approximate surface area is 164 Å². The fraction of sp³-hybridized carbons (Fsp3) is 0.278. The minimum Gasteiger partial charge on any atom is -0.507 e. The van der Waals surface area contributed by atoms with E-state index in [9.17, 15) is 21.9 Å². The lowest BCUT2D eigenvalue weighted by Gasteiger charge is -2.13. The SMILES string of the molecule is CC(C)c1ccc(CCNS(=O)(=O)c2cc(C#N)ccc2O)c(S(N)(=O)=O)c1. The van der Waals surface area contributed by atoms with Crippen LogP contribution in [0.5, 0.6) is 5.75 Å². The first-order chi connectivity index (χ1) is 13.0. The number of nitriles is 1. The number of phenolic OH excluding ortho intramolecular Hbond substituents is 1. The average molecular weight is 424 g/mol. The summed E-state index contributed by atoms with van der Waals surface area (Å²) >= 11 is 0. The van der Waals surface area contributed by atoms with E-state index < -0.39 is 30.7 Å². The van der Waals surface area contributed by atoms with E-state index in [2.05, 4.69) is 4.72 Å². The molecule has 0 fully saturated rings. The molecule has 0 unspecified atom stereocenters. The number of nitrogens with one attached hydrogen (secondary N) is 1. The first kappa shape index (κ1) is 21.8. The van der Waals surface area contributed by atoms with Gasteiger partial charge in [-0.3, -0.25) is 0 Å². The van der Waals surface area contributed by atoms with Crippen molar-refractivity contribution >= 4 is 20.0 Å². The van der Waals surface area contributed by atoms with E-state index in [-0.39, 0.29) is 29.3 Å². The zero-order valence-corrected chi connectivity index (χ0v) is 17.0. The predicted octanol–water partition coefficient (Wildman–Crippen LogP) is 1.56. The lowest BCUT2D eigenvalue weighted by Crippen LogP contribution is -2.27. The van der Waals surface area contributed by atoms with Gasteiger partial charge < -0.3 is 5.11 Å². The van der Waals surface area contributed by atoms with Crippen molar-refractivity contribution in [2.45, 2.75) is 36.0 Å². The van der Waals surface area contributed by atoms with E-state index in [0.29, 0.717) is 5.56 Å². The Balaban J connectivity index is 2.25. The number of phenols is 1. The van der Waals surface area contributed by atoms with Crippen LogP contribution in [-0.2, 0) is 26.5 Å². The monoisotopic (exact) mass is 423 g/mol. The van der Waals surface area contributed by atoms with Crippen LogP contribution in [0.15, 0.2) is 46.2 Å². The van der Waals surface area contributed by atoms with Gasteiger partial charge in [0.05, 0.1) is 16.5 Å². The summed E-state index contributed by atoms with van der Waals surface area (Å²) in [6, 6.07) is 10.1. The first-order valence-corrected chi connectivity index (χ1v) is 11.4. The number of sulfonamides is 2. The number of aromatic hydroxyl groups is 1. The quantitative estimate of drug-likeness (QED) is 0.615. The summed E-state index contributed by atoms with van der Waals surface area (Å²) in [4.78, 5) is -0.472. The van der Waals surface area contributed by atoms with Gasteiger partial charge >= 0.3 is 0 Å². The standard InChI is InChI=1S/C18H21N3O5S2/c1-12(2)15-5-4-14(17(10-15)27(20,23)24)7-8-21-28(25,26)18-9-13(11-19)3-6-16(18)22/h3-6,9-10,12,21-22H,7-8H2,1-2H3,(H2,20,23,24). The molecule has 0 aliphatic carbocycles. The van der Waals surface area contributed by atoms with Gasteiger partial charge in [0.25, 0.3) is 0 Å². The zero-order valence-electron chi connectivity index (χ0n) is 15.4. The number of nitrogens with two attached hydrogens (primary N) is 1. The smallest absolute Gasteiger partial charge is 0.244 e. The molecule has 0 saturated heterocycles. The van der Waals surface area contributed by atoms with Crippen LogP contribution in [0.4, 0.5) is 0 Å². The molecule has 2 rings (SSSR count). The van der Waals surface area contributed by atoms with Gasteiger partial charge in [-0.1, -0.05) is 26.0 Å². The number of rotatable bonds is 7. The number of hydrogen-bond acceptors (Lipinski definition) is 6. The molecule has 0 aliphatic heterocycles. The molecular formula is C18H21N3O5S2. The number of benzene rings is 2.